The van der Waals surface area contributed by atoms with Crippen LogP contribution in [0.5, 0.6) is 0 Å². The van der Waals surface area contributed by atoms with E-state index in [1.807, 2.05) is 39.8 Å². The van der Waals surface area contributed by atoms with Crippen LogP contribution in [0.2, 0.25) is 0 Å². The number of alkyl halides is 1. The highest BCUT2D eigenvalue weighted by atomic mass is 79.9. The molecule has 1 rings (SSSR count). The van der Waals surface area contributed by atoms with Crippen molar-refractivity contribution in [3.8, 4) is 0 Å². The van der Waals surface area contributed by atoms with Gasteiger partial charge in [-0.2, -0.15) is 4.31 Å². The van der Waals surface area contributed by atoms with Gasteiger partial charge in [-0.3, -0.25) is 0 Å². The third-order valence-corrected chi connectivity index (χ3v) is 5.98. The van der Waals surface area contributed by atoms with Crippen molar-refractivity contribution in [1.82, 2.24) is 4.31 Å². The first-order valence-electron chi connectivity index (χ1n) is 6.98. The molecule has 3 nitrogen and oxygen atoms in total. The van der Waals surface area contributed by atoms with Crippen molar-refractivity contribution in [2.24, 2.45) is 0 Å². The summed E-state index contributed by atoms with van der Waals surface area (Å²) in [6, 6.07) is 3.88. The molecule has 1 aromatic carbocycles. The summed E-state index contributed by atoms with van der Waals surface area (Å²) in [4.78, 5) is 0.478. The molecule has 114 valence electrons. The van der Waals surface area contributed by atoms with E-state index in [-0.39, 0.29) is 0 Å². The third kappa shape index (κ3) is 4.06. The number of hydrogen-bond donors (Lipinski definition) is 0. The van der Waals surface area contributed by atoms with Crippen LogP contribution in [-0.4, -0.2) is 31.1 Å². The predicted molar refractivity (Wildman–Crippen MR) is 88.1 cm³/mol. The van der Waals surface area contributed by atoms with Crippen LogP contribution in [0.3, 0.4) is 0 Å². The third-order valence-electron chi connectivity index (χ3n) is 3.22. The van der Waals surface area contributed by atoms with Gasteiger partial charge in [0.2, 0.25) is 10.0 Å². The van der Waals surface area contributed by atoms with E-state index >= 15 is 0 Å². The minimum atomic E-state index is -3.40. The lowest BCUT2D eigenvalue weighted by atomic mass is 10.1. The van der Waals surface area contributed by atoms with Gasteiger partial charge in [0.15, 0.2) is 0 Å². The van der Waals surface area contributed by atoms with Gasteiger partial charge < -0.3 is 0 Å². The molecule has 0 bridgehead atoms. The van der Waals surface area contributed by atoms with Crippen molar-refractivity contribution >= 4 is 26.0 Å². The van der Waals surface area contributed by atoms with Gasteiger partial charge in [-0.25, -0.2) is 8.42 Å². The molecule has 0 saturated heterocycles. The number of nitrogens with zero attached hydrogens (tertiary/aromatic N) is 1. The highest BCUT2D eigenvalue weighted by molar-refractivity contribution is 9.09. The van der Waals surface area contributed by atoms with Gasteiger partial charge in [-0.15, -0.1) is 0 Å². The largest absolute Gasteiger partial charge is 0.243 e. The van der Waals surface area contributed by atoms with Gasteiger partial charge in [0.05, 0.1) is 4.90 Å². The normalized spacial score (nSPS) is 12.1. The second-order valence-corrected chi connectivity index (χ2v) is 7.84. The molecule has 1 aromatic rings. The Morgan fingerprint density at radius 2 is 1.65 bits per heavy atom. The fourth-order valence-corrected chi connectivity index (χ4v) is 4.77. The van der Waals surface area contributed by atoms with Crippen molar-refractivity contribution in [1.29, 1.82) is 0 Å². The van der Waals surface area contributed by atoms with E-state index in [9.17, 15) is 8.42 Å². The molecular formula is C15H24BrNO2S. The second-order valence-electron chi connectivity index (χ2n) is 5.17. The highest BCUT2D eigenvalue weighted by Crippen LogP contribution is 2.25. The average molecular weight is 362 g/mol. The van der Waals surface area contributed by atoms with Gasteiger partial charge >= 0.3 is 0 Å². The number of rotatable bonds is 7. The summed E-state index contributed by atoms with van der Waals surface area (Å²) in [5.41, 5.74) is 2.77. The topological polar surface area (TPSA) is 37.4 Å². The van der Waals surface area contributed by atoms with Crippen LogP contribution in [-0.2, 0) is 10.0 Å². The Morgan fingerprint density at radius 1 is 1.10 bits per heavy atom. The Morgan fingerprint density at radius 3 is 2.10 bits per heavy atom. The lowest BCUT2D eigenvalue weighted by Crippen LogP contribution is -2.34. The fourth-order valence-electron chi connectivity index (χ4n) is 2.54. The van der Waals surface area contributed by atoms with E-state index in [0.717, 1.165) is 34.9 Å². The quantitative estimate of drug-likeness (QED) is 0.692. The number of benzene rings is 1. The molecule has 0 spiro atoms. The molecule has 0 heterocycles. The first kappa shape index (κ1) is 17.7. The van der Waals surface area contributed by atoms with Crippen LogP contribution in [0.4, 0.5) is 0 Å². The molecule has 0 aliphatic rings. The fraction of sp³-hybridized carbons (Fsp3) is 0.600. The van der Waals surface area contributed by atoms with Gasteiger partial charge in [0.1, 0.15) is 0 Å². The van der Waals surface area contributed by atoms with Crippen molar-refractivity contribution in [2.45, 2.75) is 45.4 Å². The minimum Gasteiger partial charge on any atom is -0.207 e. The maximum Gasteiger partial charge on any atom is 0.243 e. The Labute approximate surface area is 131 Å². The Bertz CT molecular complexity index is 532. The van der Waals surface area contributed by atoms with E-state index < -0.39 is 10.0 Å². The van der Waals surface area contributed by atoms with Crippen LogP contribution in [0.25, 0.3) is 0 Å². The summed E-state index contributed by atoms with van der Waals surface area (Å²) in [5.74, 6) is 0. The molecule has 0 fully saturated rings. The lowest BCUT2D eigenvalue weighted by Gasteiger charge is -2.23. The standard InChI is InChI=1S/C15H24BrNO2S/c1-5-8-17(9-6-7-16)20(18,19)15-13(3)10-12(2)11-14(15)4/h10-11H,5-9H2,1-4H3. The maximum atomic E-state index is 12.9. The van der Waals surface area contributed by atoms with Crippen LogP contribution in [0.1, 0.15) is 36.5 Å². The van der Waals surface area contributed by atoms with Gasteiger partial charge in [0, 0.05) is 18.4 Å². The summed E-state index contributed by atoms with van der Waals surface area (Å²) in [5, 5.41) is 0.814. The number of sulfonamides is 1. The van der Waals surface area contributed by atoms with E-state index in [2.05, 4.69) is 15.9 Å². The van der Waals surface area contributed by atoms with Crippen LogP contribution >= 0.6 is 15.9 Å². The van der Waals surface area contributed by atoms with Gasteiger partial charge in [-0.1, -0.05) is 40.5 Å². The predicted octanol–water partition coefficient (Wildman–Crippen LogP) is 3.80. The van der Waals surface area contributed by atoms with Crippen molar-refractivity contribution in [3.05, 3.63) is 28.8 Å². The Balaban J connectivity index is 3.26. The van der Waals surface area contributed by atoms with Crippen LogP contribution in [0, 0.1) is 20.8 Å². The molecule has 0 amide bonds. The molecule has 0 unspecified atom stereocenters. The Kier molecular flexibility index (Phi) is 6.69. The summed E-state index contributed by atoms with van der Waals surface area (Å²) in [7, 11) is -3.40. The molecule has 0 aliphatic carbocycles. The molecule has 0 saturated carbocycles. The van der Waals surface area contributed by atoms with Crippen molar-refractivity contribution in [3.63, 3.8) is 0 Å². The minimum absolute atomic E-state index is 0.478. The number of aryl methyl sites for hydroxylation is 3. The molecule has 0 aliphatic heterocycles. The van der Waals surface area contributed by atoms with E-state index in [0.29, 0.717) is 18.0 Å². The Hall–Kier alpha value is -0.390. The summed E-state index contributed by atoms with van der Waals surface area (Å²) < 4.78 is 27.4. The molecule has 0 atom stereocenters. The molecule has 5 heteroatoms. The zero-order valence-electron chi connectivity index (χ0n) is 12.7. The first-order valence-corrected chi connectivity index (χ1v) is 9.54. The molecule has 0 radical (unpaired) electrons. The smallest absolute Gasteiger partial charge is 0.207 e. The summed E-state index contributed by atoms with van der Waals surface area (Å²) in [6.45, 7) is 8.88. The van der Waals surface area contributed by atoms with Crippen LogP contribution in [0.15, 0.2) is 17.0 Å². The SMILES string of the molecule is CCCN(CCCBr)S(=O)(=O)c1c(C)cc(C)cc1C. The van der Waals surface area contributed by atoms with E-state index in [4.69, 9.17) is 0 Å². The molecular weight excluding hydrogens is 338 g/mol. The molecule has 0 N–H and O–H groups in total. The lowest BCUT2D eigenvalue weighted by molar-refractivity contribution is 0.410. The van der Waals surface area contributed by atoms with Gasteiger partial charge in [-0.05, 0) is 44.7 Å². The number of hydrogen-bond acceptors (Lipinski definition) is 2. The van der Waals surface area contributed by atoms with Gasteiger partial charge in [0.25, 0.3) is 0 Å². The molecule has 20 heavy (non-hydrogen) atoms. The summed E-state index contributed by atoms with van der Waals surface area (Å²) in [6.07, 6.45) is 1.65. The second kappa shape index (κ2) is 7.57. The summed E-state index contributed by atoms with van der Waals surface area (Å²) >= 11 is 3.37. The zero-order valence-corrected chi connectivity index (χ0v) is 15.1. The van der Waals surface area contributed by atoms with Crippen LogP contribution < -0.4 is 0 Å². The zero-order chi connectivity index (χ0) is 15.3. The van der Waals surface area contributed by atoms with Crippen molar-refractivity contribution < 1.29 is 8.42 Å². The molecule has 0 aromatic heterocycles. The van der Waals surface area contributed by atoms with Crippen molar-refractivity contribution in [2.75, 3.05) is 18.4 Å². The van der Waals surface area contributed by atoms with E-state index in [1.165, 1.54) is 0 Å². The highest BCUT2D eigenvalue weighted by Gasteiger charge is 2.26. The first-order chi connectivity index (χ1) is 9.34. The maximum absolute atomic E-state index is 12.9. The average Bonchev–Trinajstić information content (AvgIpc) is 2.32. The monoisotopic (exact) mass is 361 g/mol. The van der Waals surface area contributed by atoms with E-state index in [1.54, 1.807) is 4.31 Å². The number of halogens is 1.